The van der Waals surface area contributed by atoms with Crippen molar-refractivity contribution in [2.75, 3.05) is 106 Å². The number of likely N-dealkylation sites (N-methyl/N-ethyl adjacent to an activating group) is 1. The first kappa shape index (κ1) is 60.7. The van der Waals surface area contributed by atoms with Crippen LogP contribution in [-0.4, -0.2) is 158 Å². The Morgan fingerprint density at radius 3 is 2.30 bits per heavy atom. The van der Waals surface area contributed by atoms with E-state index in [9.17, 15) is 23.7 Å². The number of fused-ring (bicyclic) bond motifs is 3. The summed E-state index contributed by atoms with van der Waals surface area (Å²) < 4.78 is 42.5. The molecule has 8 aromatic rings. The number of imidazole rings is 1. The van der Waals surface area contributed by atoms with Crippen molar-refractivity contribution < 1.29 is 23.3 Å². The maximum absolute atomic E-state index is 16.2. The number of ether oxygens (including phenoxy) is 1. The van der Waals surface area contributed by atoms with Crippen LogP contribution in [0.3, 0.4) is 0 Å². The fraction of sp³-hybridized carbons (Fsp3) is 0.476. The molecule has 87 heavy (non-hydrogen) atoms. The number of anilines is 6. The molecule has 24 heteroatoms. The minimum Gasteiger partial charge on any atom is -0.492 e. The van der Waals surface area contributed by atoms with E-state index in [1.807, 2.05) is 51.1 Å². The molecule has 3 N–H and O–H groups in total. The summed E-state index contributed by atoms with van der Waals surface area (Å²) in [6.45, 7) is 21.1. The Balaban J connectivity index is 0.721. The average molecular weight is 1210 g/mol. The predicted octanol–water partition coefficient (Wildman–Crippen LogP) is 8.07. The number of para-hydroxylation sites is 1. The lowest BCUT2D eigenvalue weighted by molar-refractivity contribution is -0.124. The number of amides is 1. The molecular formula is C63H80FN16O6P. The molecule has 0 spiro atoms. The summed E-state index contributed by atoms with van der Waals surface area (Å²) in [6.07, 6.45) is 10.2. The van der Waals surface area contributed by atoms with E-state index in [0.717, 1.165) is 120 Å². The van der Waals surface area contributed by atoms with Crippen molar-refractivity contribution in [3.8, 4) is 11.4 Å². The minimum absolute atomic E-state index is 0.0728. The molecular weight excluding hydrogens is 1130 g/mol. The van der Waals surface area contributed by atoms with Gasteiger partial charge in [0.25, 0.3) is 5.56 Å². The Morgan fingerprint density at radius 1 is 0.839 bits per heavy atom. The van der Waals surface area contributed by atoms with Gasteiger partial charge in [-0.15, -0.1) is 5.10 Å². The highest BCUT2D eigenvalue weighted by Crippen LogP contribution is 2.43. The minimum atomic E-state index is -3.04. The summed E-state index contributed by atoms with van der Waals surface area (Å²) in [5.74, 6) is 0.931. The largest absolute Gasteiger partial charge is 0.492 e. The topological polar surface area (TPSA) is 228 Å². The normalized spacial score (nSPS) is 16.3. The number of halogens is 1. The molecule has 1 unspecified atom stereocenters. The number of aromatic nitrogens is 9. The molecule has 4 aromatic carbocycles. The average Bonchev–Trinajstić information content (AvgIpc) is 2.10. The van der Waals surface area contributed by atoms with Gasteiger partial charge in [-0.25, -0.2) is 23.5 Å². The van der Waals surface area contributed by atoms with Gasteiger partial charge in [-0.1, -0.05) is 24.3 Å². The van der Waals surface area contributed by atoms with Crippen molar-refractivity contribution in [3.63, 3.8) is 0 Å². The third kappa shape index (κ3) is 12.3. The molecule has 7 heterocycles. The number of rotatable bonds is 22. The van der Waals surface area contributed by atoms with Crippen LogP contribution in [0.4, 0.5) is 38.9 Å². The van der Waals surface area contributed by atoms with Crippen LogP contribution in [-0.2, 0) is 33.7 Å². The summed E-state index contributed by atoms with van der Waals surface area (Å²) in [6, 6.07) is 18.3. The monoisotopic (exact) mass is 1210 g/mol. The van der Waals surface area contributed by atoms with Crippen molar-refractivity contribution in [2.45, 2.75) is 104 Å². The molecule has 3 fully saturated rings. The van der Waals surface area contributed by atoms with Crippen molar-refractivity contribution in [1.82, 2.24) is 59.0 Å². The van der Waals surface area contributed by atoms with Crippen LogP contribution in [0, 0.1) is 11.7 Å². The molecule has 22 nitrogen and oxygen atoms in total. The zero-order valence-corrected chi connectivity index (χ0v) is 51.9. The third-order valence-electron chi connectivity index (χ3n) is 17.9. The zero-order chi connectivity index (χ0) is 61.1. The van der Waals surface area contributed by atoms with E-state index in [1.54, 1.807) is 42.5 Å². The van der Waals surface area contributed by atoms with Gasteiger partial charge in [0.05, 0.1) is 46.8 Å². The summed E-state index contributed by atoms with van der Waals surface area (Å²) in [5.41, 5.74) is 6.10. The predicted molar refractivity (Wildman–Crippen MR) is 342 cm³/mol. The fourth-order valence-electron chi connectivity index (χ4n) is 13.3. The lowest BCUT2D eigenvalue weighted by atomic mass is 9.93. The molecule has 1 amide bonds. The quantitative estimate of drug-likeness (QED) is 0.0430. The number of piperazine rings is 1. The highest BCUT2D eigenvalue weighted by Gasteiger charge is 2.32. The number of carbonyl (C=O) groups is 2. The standard InChI is InChI=1S/C63H80FN16O6P/c1-8-42-35-50(69-62-66-40-55(80-51-16-13-12-15-48(51)71-72-80)59(70-62)68-49-19-18-45-46(58(49)87(6,7)85)39-67-78(10-3)61(45)83)56(86-11-4)38-53(42)76-28-23-43(24-29-76)75-32-30-73(31-33-75)25-20-41-21-26-74(27-22-41)44-36-47(64)57-54(37-44)77(9-2)63(84)79(57)52(17-14-34-81)60(82)65-5/h12-13,15-16,18-19,34-41,43,52H,8-11,14,17,20-33H2,1-7H3,(H,65,82)(H2,66,68,69,70). The third-order valence-corrected chi connectivity index (χ3v) is 19.4. The second-order valence-corrected chi connectivity index (χ2v) is 26.5. The fourth-order valence-corrected chi connectivity index (χ4v) is 14.7. The van der Waals surface area contributed by atoms with Crippen molar-refractivity contribution in [3.05, 3.63) is 105 Å². The molecule has 460 valence electrons. The SMILES string of the molecule is CCOc1cc(N2CCC(N3CCN(CCC4CCN(c5cc(F)c6c(c5)n(CC)c(=O)n6C(CCC=O)C(=O)NC)CC4)CC3)CC2)c(CC)cc1Nc1ncc(-n2nnc3ccccc32)c(Nc2ccc3c(=O)n(CC)ncc3c2P(C)(C)=O)n1. The number of hydrogen-bond acceptors (Lipinski definition) is 17. The van der Waals surface area contributed by atoms with Gasteiger partial charge in [-0.3, -0.25) is 23.6 Å². The van der Waals surface area contributed by atoms with E-state index in [4.69, 9.17) is 14.7 Å². The van der Waals surface area contributed by atoms with Crippen LogP contribution in [0.2, 0.25) is 0 Å². The molecule has 3 aliphatic rings. The van der Waals surface area contributed by atoms with Gasteiger partial charge >= 0.3 is 5.69 Å². The first-order valence-corrected chi connectivity index (χ1v) is 33.4. The van der Waals surface area contributed by atoms with Gasteiger partial charge in [0.1, 0.15) is 41.9 Å². The van der Waals surface area contributed by atoms with Gasteiger partial charge in [0.15, 0.2) is 11.6 Å². The van der Waals surface area contributed by atoms with Crippen LogP contribution < -0.4 is 47.0 Å². The van der Waals surface area contributed by atoms with E-state index in [1.165, 1.54) is 32.5 Å². The number of nitrogens with one attached hydrogen (secondary N) is 3. The molecule has 3 saturated heterocycles. The summed E-state index contributed by atoms with van der Waals surface area (Å²) in [4.78, 5) is 71.2. The van der Waals surface area contributed by atoms with Crippen LogP contribution in [0.1, 0.15) is 84.2 Å². The molecule has 0 radical (unpaired) electrons. The van der Waals surface area contributed by atoms with E-state index in [0.29, 0.717) is 93.9 Å². The van der Waals surface area contributed by atoms with Crippen LogP contribution in [0.15, 0.2) is 82.6 Å². The number of aryl methyl sites for hydroxylation is 3. The molecule has 0 saturated carbocycles. The van der Waals surface area contributed by atoms with Crippen LogP contribution >= 0.6 is 7.14 Å². The van der Waals surface area contributed by atoms with E-state index in [-0.39, 0.29) is 23.9 Å². The molecule has 3 aliphatic heterocycles. The number of carbonyl (C=O) groups excluding carboxylic acids is 2. The number of aldehydes is 1. The number of hydrogen-bond donors (Lipinski definition) is 3. The highest BCUT2D eigenvalue weighted by atomic mass is 31.2. The Bertz CT molecular complexity index is 4000. The smallest absolute Gasteiger partial charge is 0.329 e. The summed E-state index contributed by atoms with van der Waals surface area (Å²) in [5, 5.41) is 24.3. The number of benzene rings is 4. The zero-order valence-electron chi connectivity index (χ0n) is 51.0. The second kappa shape index (κ2) is 26.1. The maximum Gasteiger partial charge on any atom is 0.329 e. The Hall–Kier alpha value is -8.01. The highest BCUT2D eigenvalue weighted by molar-refractivity contribution is 7.71. The second-order valence-electron chi connectivity index (χ2n) is 23.4. The van der Waals surface area contributed by atoms with E-state index in [2.05, 4.69) is 70.0 Å². The Labute approximate surface area is 505 Å². The van der Waals surface area contributed by atoms with Crippen LogP contribution in [0.5, 0.6) is 5.75 Å². The first-order valence-electron chi connectivity index (χ1n) is 30.8. The molecule has 1 atom stereocenters. The van der Waals surface area contributed by atoms with Crippen molar-refractivity contribution in [1.29, 1.82) is 0 Å². The van der Waals surface area contributed by atoms with Crippen LogP contribution in [0.25, 0.3) is 38.5 Å². The summed E-state index contributed by atoms with van der Waals surface area (Å²) >= 11 is 0. The van der Waals surface area contributed by atoms with Gasteiger partial charge in [0.2, 0.25) is 11.9 Å². The molecule has 0 aliphatic carbocycles. The lowest BCUT2D eigenvalue weighted by Crippen LogP contribution is -2.53. The molecule has 11 rings (SSSR count). The summed E-state index contributed by atoms with van der Waals surface area (Å²) in [7, 11) is -1.56. The lowest BCUT2D eigenvalue weighted by Gasteiger charge is -2.44. The molecule has 0 bridgehead atoms. The number of piperidine rings is 2. The Kier molecular flexibility index (Phi) is 18.2. The maximum atomic E-state index is 16.2. The van der Waals surface area contributed by atoms with Gasteiger partial charge < -0.3 is 44.7 Å². The molecule has 4 aromatic heterocycles. The number of nitrogens with zero attached hydrogens (tertiary/aromatic N) is 13. The van der Waals surface area contributed by atoms with E-state index >= 15 is 4.39 Å². The van der Waals surface area contributed by atoms with Gasteiger partial charge in [-0.05, 0) is 140 Å². The van der Waals surface area contributed by atoms with Gasteiger partial charge in [-0.2, -0.15) is 10.1 Å². The van der Waals surface area contributed by atoms with Gasteiger partial charge in [0, 0.05) is 113 Å². The Morgan fingerprint density at radius 2 is 1.60 bits per heavy atom. The first-order chi connectivity index (χ1) is 42.1. The van der Waals surface area contributed by atoms with Crippen molar-refractivity contribution >= 4 is 92.0 Å². The van der Waals surface area contributed by atoms with Crippen molar-refractivity contribution in [2.24, 2.45) is 5.92 Å². The van der Waals surface area contributed by atoms with E-state index < -0.39 is 30.6 Å².